The zero-order valence-electron chi connectivity index (χ0n) is 7.52. The first-order valence-electron chi connectivity index (χ1n) is 3.84. The third-order valence-electron chi connectivity index (χ3n) is 0.984. The summed E-state index contributed by atoms with van der Waals surface area (Å²) >= 11 is 9.50. The van der Waals surface area contributed by atoms with Gasteiger partial charge in [-0.2, -0.15) is 23.5 Å². The van der Waals surface area contributed by atoms with Gasteiger partial charge in [0.1, 0.15) is 0 Å². The molecular weight excluding hydrogens is 196 g/mol. The molecule has 11 heavy (non-hydrogen) atoms. The maximum Gasteiger partial charge on any atom is 0.0314 e. The molecule has 0 aromatic rings. The number of rotatable bonds is 5. The van der Waals surface area contributed by atoms with E-state index in [-0.39, 0.29) is 0 Å². The van der Waals surface area contributed by atoms with Gasteiger partial charge in [0.05, 0.1) is 0 Å². The second-order valence-corrected chi connectivity index (χ2v) is 6.79. The number of thioether (sulfide) groups is 2. The second kappa shape index (κ2) is 6.50. The Hall–Kier alpha value is 0.990. The number of hydrogen-bond acceptors (Lipinski definition) is 2. The van der Waals surface area contributed by atoms with Crippen molar-refractivity contribution in [3.8, 4) is 0 Å². The van der Waals surface area contributed by atoms with Crippen molar-refractivity contribution in [1.82, 2.24) is 0 Å². The summed E-state index contributed by atoms with van der Waals surface area (Å²) in [7, 11) is 0. The summed E-state index contributed by atoms with van der Waals surface area (Å²) in [6.45, 7) is 6.76. The van der Waals surface area contributed by atoms with E-state index in [4.69, 9.17) is 11.6 Å². The number of alkyl halides is 1. The van der Waals surface area contributed by atoms with Crippen LogP contribution in [0, 0.1) is 0 Å². The quantitative estimate of drug-likeness (QED) is 0.506. The minimum absolute atomic E-state index is 0.418. The first-order valence-corrected chi connectivity index (χ1v) is 6.51. The molecule has 0 aromatic heterocycles. The molecule has 0 unspecified atom stereocenters. The fourth-order valence-corrected chi connectivity index (χ4v) is 2.62. The Morgan fingerprint density at radius 1 is 1.09 bits per heavy atom. The zero-order valence-corrected chi connectivity index (χ0v) is 9.91. The Balaban J connectivity index is 3.02. The van der Waals surface area contributed by atoms with Crippen LogP contribution in [0.15, 0.2) is 0 Å². The largest absolute Gasteiger partial charge is 0.160 e. The Morgan fingerprint density at radius 2 is 1.73 bits per heavy atom. The summed E-state index contributed by atoms with van der Waals surface area (Å²) in [6, 6.07) is 0. The normalized spacial score (nSPS) is 12.0. The molecule has 0 heterocycles. The molecule has 0 spiro atoms. The van der Waals surface area contributed by atoms with Gasteiger partial charge < -0.3 is 0 Å². The molecule has 0 fully saturated rings. The second-order valence-electron chi connectivity index (χ2n) is 3.26. The minimum atomic E-state index is 0.418. The van der Waals surface area contributed by atoms with E-state index >= 15 is 0 Å². The Kier molecular flexibility index (Phi) is 7.08. The minimum Gasteiger partial charge on any atom is -0.160 e. The average Bonchev–Trinajstić information content (AvgIpc) is 1.85. The highest BCUT2D eigenvalue weighted by atomic mass is 35.5. The van der Waals surface area contributed by atoms with Crippen LogP contribution < -0.4 is 0 Å². The topological polar surface area (TPSA) is 0 Å². The van der Waals surface area contributed by atoms with Crippen LogP contribution in [0.4, 0.5) is 0 Å². The van der Waals surface area contributed by atoms with E-state index in [1.54, 1.807) is 0 Å². The summed E-state index contributed by atoms with van der Waals surface area (Å²) < 4.78 is 0.418. The molecular formula is C8H17ClS2. The average molecular weight is 213 g/mol. The molecule has 0 aromatic carbocycles. The molecule has 0 saturated heterocycles. The van der Waals surface area contributed by atoms with Gasteiger partial charge in [-0.15, -0.1) is 11.6 Å². The van der Waals surface area contributed by atoms with Gasteiger partial charge in [-0.05, 0) is 0 Å². The zero-order chi connectivity index (χ0) is 8.74. The molecule has 0 aliphatic rings. The van der Waals surface area contributed by atoms with Gasteiger partial charge in [-0.1, -0.05) is 20.8 Å². The van der Waals surface area contributed by atoms with E-state index in [2.05, 4.69) is 20.8 Å². The molecule has 0 nitrogen and oxygen atoms in total. The molecule has 68 valence electrons. The molecule has 0 amide bonds. The summed E-state index contributed by atoms with van der Waals surface area (Å²) in [5.74, 6) is 4.34. The molecule has 0 aliphatic heterocycles. The molecule has 0 saturated carbocycles. The maximum atomic E-state index is 5.54. The maximum absolute atomic E-state index is 5.54. The molecule has 3 heteroatoms. The van der Waals surface area contributed by atoms with Crippen molar-refractivity contribution < 1.29 is 0 Å². The molecule has 0 radical (unpaired) electrons. The fraction of sp³-hybridized carbons (Fsp3) is 1.00. The van der Waals surface area contributed by atoms with Crippen LogP contribution in [0.1, 0.15) is 20.8 Å². The first kappa shape index (κ1) is 12.0. The SMILES string of the molecule is CC(C)(C)SCCSCCCl. The molecule has 0 N–H and O–H groups in total. The van der Waals surface area contributed by atoms with Crippen molar-refractivity contribution >= 4 is 35.1 Å². The number of halogens is 1. The van der Waals surface area contributed by atoms with Crippen molar-refractivity contribution in [2.45, 2.75) is 25.5 Å². The highest BCUT2D eigenvalue weighted by molar-refractivity contribution is 8.03. The van der Waals surface area contributed by atoms with Crippen LogP contribution in [0.3, 0.4) is 0 Å². The summed E-state index contributed by atoms with van der Waals surface area (Å²) in [4.78, 5) is 0. The van der Waals surface area contributed by atoms with Crippen molar-refractivity contribution in [2.75, 3.05) is 23.1 Å². The summed E-state index contributed by atoms with van der Waals surface area (Å²) in [5.41, 5.74) is 0. The van der Waals surface area contributed by atoms with E-state index in [1.807, 2.05) is 23.5 Å². The Bertz CT molecular complexity index is 88.6. The standard InChI is InChI=1S/C8H17ClS2/c1-8(2,3)11-7-6-10-5-4-9/h4-7H2,1-3H3. The lowest BCUT2D eigenvalue weighted by molar-refractivity contribution is 0.804. The predicted octanol–water partition coefficient (Wildman–Crippen LogP) is 3.49. The summed E-state index contributed by atoms with van der Waals surface area (Å²) in [5, 5.41) is 0. The van der Waals surface area contributed by atoms with Gasteiger partial charge in [0.25, 0.3) is 0 Å². The predicted molar refractivity (Wildman–Crippen MR) is 60.3 cm³/mol. The van der Waals surface area contributed by atoms with Gasteiger partial charge in [0, 0.05) is 27.9 Å². The van der Waals surface area contributed by atoms with Gasteiger partial charge >= 0.3 is 0 Å². The van der Waals surface area contributed by atoms with Crippen molar-refractivity contribution in [3.63, 3.8) is 0 Å². The third-order valence-corrected chi connectivity index (χ3v) is 3.92. The third kappa shape index (κ3) is 11.0. The molecule has 0 bridgehead atoms. The van der Waals surface area contributed by atoms with E-state index in [0.29, 0.717) is 4.75 Å². The van der Waals surface area contributed by atoms with Gasteiger partial charge in [-0.25, -0.2) is 0 Å². The van der Waals surface area contributed by atoms with E-state index < -0.39 is 0 Å². The Labute approximate surface area is 83.8 Å². The monoisotopic (exact) mass is 212 g/mol. The van der Waals surface area contributed by atoms with Crippen LogP contribution in [-0.4, -0.2) is 27.9 Å². The summed E-state index contributed by atoms with van der Waals surface area (Å²) in [6.07, 6.45) is 0. The molecule has 0 rings (SSSR count). The lowest BCUT2D eigenvalue weighted by Crippen LogP contribution is -2.09. The smallest absolute Gasteiger partial charge is 0.0314 e. The fourth-order valence-electron chi connectivity index (χ4n) is 0.563. The lowest BCUT2D eigenvalue weighted by Gasteiger charge is -2.16. The van der Waals surface area contributed by atoms with Crippen molar-refractivity contribution in [1.29, 1.82) is 0 Å². The van der Waals surface area contributed by atoms with E-state index in [9.17, 15) is 0 Å². The van der Waals surface area contributed by atoms with Crippen LogP contribution in [0.2, 0.25) is 0 Å². The molecule has 0 aliphatic carbocycles. The Morgan fingerprint density at radius 3 is 2.18 bits per heavy atom. The lowest BCUT2D eigenvalue weighted by atomic mass is 10.3. The highest BCUT2D eigenvalue weighted by Crippen LogP contribution is 2.23. The van der Waals surface area contributed by atoms with Gasteiger partial charge in [0.2, 0.25) is 0 Å². The molecule has 0 atom stereocenters. The van der Waals surface area contributed by atoms with Crippen LogP contribution >= 0.6 is 35.1 Å². The highest BCUT2D eigenvalue weighted by Gasteiger charge is 2.08. The van der Waals surface area contributed by atoms with E-state index in [0.717, 1.165) is 11.6 Å². The van der Waals surface area contributed by atoms with E-state index in [1.165, 1.54) is 11.5 Å². The van der Waals surface area contributed by atoms with Crippen LogP contribution in [0.25, 0.3) is 0 Å². The van der Waals surface area contributed by atoms with Crippen LogP contribution in [0.5, 0.6) is 0 Å². The van der Waals surface area contributed by atoms with Crippen LogP contribution in [-0.2, 0) is 0 Å². The first-order chi connectivity index (χ1) is 5.06. The van der Waals surface area contributed by atoms with Gasteiger partial charge in [0.15, 0.2) is 0 Å². The van der Waals surface area contributed by atoms with Crippen molar-refractivity contribution in [3.05, 3.63) is 0 Å². The van der Waals surface area contributed by atoms with Gasteiger partial charge in [-0.3, -0.25) is 0 Å². The number of hydrogen-bond donors (Lipinski definition) is 0. The van der Waals surface area contributed by atoms with Crippen molar-refractivity contribution in [2.24, 2.45) is 0 Å².